The Balaban J connectivity index is 1.27. The van der Waals surface area contributed by atoms with Crippen LogP contribution in [0.1, 0.15) is 25.7 Å². The molecule has 7 nitrogen and oxygen atoms in total. The number of unbranched alkanes of at least 4 members (excludes halogenated alkanes) is 3. The molecular formula is C36H37N3O4S. The fourth-order valence-electron chi connectivity index (χ4n) is 7.54. The average molecular weight is 608 g/mol. The normalized spacial score (nSPS) is 27.8. The first kappa shape index (κ1) is 28.9. The number of carbonyl (C=O) groups excluding carboxylic acids is 3. The summed E-state index contributed by atoms with van der Waals surface area (Å²) in [6.07, 6.45) is 11.4. The highest BCUT2D eigenvalue weighted by Crippen LogP contribution is 2.61. The smallest absolute Gasteiger partial charge is 0.251 e. The number of hydrogen-bond acceptors (Lipinski definition) is 5. The van der Waals surface area contributed by atoms with Crippen LogP contribution in [-0.2, 0) is 14.4 Å². The van der Waals surface area contributed by atoms with Crippen LogP contribution in [0.25, 0.3) is 10.8 Å². The first-order valence-corrected chi connectivity index (χ1v) is 16.5. The Morgan fingerprint density at radius 1 is 0.750 bits per heavy atom. The fraction of sp³-hybridized carbons (Fsp3) is 0.361. The van der Waals surface area contributed by atoms with E-state index < -0.39 is 22.6 Å². The van der Waals surface area contributed by atoms with Crippen molar-refractivity contribution < 1.29 is 19.5 Å². The van der Waals surface area contributed by atoms with E-state index >= 15 is 0 Å². The standard InChI is InChI=1S/C36H37N3O4S/c40-23-9-2-1-8-20-39-32-35(43)38(28-18-17-25-12-6-7-13-26(25)24-28)22-11-19-36(32)31(34(39)42)30-29(44-36)16-10-21-37(33(30)41)27-14-4-3-5-15-27/h3-7,10-19,24,29-32,40H,1-2,8-9,20-23H2/t29-,30+,31+,32?,36+/m1/s1. The summed E-state index contributed by atoms with van der Waals surface area (Å²) in [5.41, 5.74) is 1.61. The first-order valence-electron chi connectivity index (χ1n) is 15.6. The number of aliphatic hydroxyl groups is 1. The Morgan fingerprint density at radius 2 is 1.48 bits per heavy atom. The van der Waals surface area contributed by atoms with Crippen LogP contribution >= 0.6 is 11.8 Å². The predicted molar refractivity (Wildman–Crippen MR) is 176 cm³/mol. The van der Waals surface area contributed by atoms with Crippen LogP contribution in [0.15, 0.2) is 97.1 Å². The van der Waals surface area contributed by atoms with Gasteiger partial charge in [0.1, 0.15) is 6.04 Å². The van der Waals surface area contributed by atoms with Crippen molar-refractivity contribution in [1.82, 2.24) is 4.90 Å². The fourth-order valence-corrected chi connectivity index (χ4v) is 9.55. The minimum absolute atomic E-state index is 0.0612. The van der Waals surface area contributed by atoms with E-state index in [2.05, 4.69) is 18.2 Å². The van der Waals surface area contributed by atoms with Gasteiger partial charge in [-0.15, -0.1) is 11.8 Å². The second kappa shape index (κ2) is 11.9. The van der Waals surface area contributed by atoms with Crippen molar-refractivity contribution in [1.29, 1.82) is 0 Å². The Hall–Kier alpha value is -3.88. The average Bonchev–Trinajstić information content (AvgIpc) is 3.35. The van der Waals surface area contributed by atoms with Gasteiger partial charge >= 0.3 is 0 Å². The third-order valence-electron chi connectivity index (χ3n) is 9.58. The number of carbonyl (C=O) groups is 3. The molecule has 7 rings (SSSR count). The second-order valence-electron chi connectivity index (χ2n) is 12.1. The molecule has 4 aliphatic rings. The molecule has 0 aromatic heterocycles. The third-order valence-corrected chi connectivity index (χ3v) is 11.3. The molecule has 2 fully saturated rings. The van der Waals surface area contributed by atoms with Crippen LogP contribution in [0.5, 0.6) is 0 Å². The number of para-hydroxylation sites is 1. The molecule has 0 saturated carbocycles. The zero-order valence-electron chi connectivity index (χ0n) is 24.6. The molecule has 4 heterocycles. The number of thioether (sulfide) groups is 1. The van der Waals surface area contributed by atoms with Gasteiger partial charge in [0.15, 0.2) is 0 Å². The van der Waals surface area contributed by atoms with Gasteiger partial charge in [0.05, 0.1) is 16.6 Å². The highest BCUT2D eigenvalue weighted by molar-refractivity contribution is 8.02. The summed E-state index contributed by atoms with van der Waals surface area (Å²) in [6, 6.07) is 23.1. The Morgan fingerprint density at radius 3 is 2.30 bits per heavy atom. The van der Waals surface area contributed by atoms with Crippen LogP contribution in [0.4, 0.5) is 11.4 Å². The van der Waals surface area contributed by atoms with Gasteiger partial charge < -0.3 is 19.8 Å². The maximum absolute atomic E-state index is 14.8. The van der Waals surface area contributed by atoms with Gasteiger partial charge in [-0.1, -0.05) is 85.7 Å². The van der Waals surface area contributed by atoms with Crippen LogP contribution < -0.4 is 9.80 Å². The maximum Gasteiger partial charge on any atom is 0.251 e. The Kier molecular flexibility index (Phi) is 7.81. The lowest BCUT2D eigenvalue weighted by Crippen LogP contribution is -2.53. The SMILES string of the molecule is O=C1C2N(CCCCCCO)C(=O)[C@@H]3[C@H]4C(=O)N(c5ccccc5)CC=C[C@H]4S[C@]23C=CCN1c1ccc2ccccc2c1. The van der Waals surface area contributed by atoms with Crippen molar-refractivity contribution in [2.24, 2.45) is 11.8 Å². The topological polar surface area (TPSA) is 81.2 Å². The highest BCUT2D eigenvalue weighted by atomic mass is 32.2. The van der Waals surface area contributed by atoms with E-state index in [0.717, 1.165) is 47.8 Å². The van der Waals surface area contributed by atoms with E-state index in [1.807, 2.05) is 78.9 Å². The van der Waals surface area contributed by atoms with Gasteiger partial charge in [0.2, 0.25) is 11.8 Å². The van der Waals surface area contributed by atoms with Gasteiger partial charge in [-0.3, -0.25) is 14.4 Å². The Bertz CT molecular complexity index is 1640. The lowest BCUT2D eigenvalue weighted by Gasteiger charge is -2.35. The number of likely N-dealkylation sites (tertiary alicyclic amines) is 1. The zero-order valence-corrected chi connectivity index (χ0v) is 25.4. The Labute approximate surface area is 262 Å². The molecule has 8 heteroatoms. The van der Waals surface area contributed by atoms with E-state index in [0.29, 0.717) is 19.6 Å². The lowest BCUT2D eigenvalue weighted by atomic mass is 9.78. The molecule has 1 unspecified atom stereocenters. The van der Waals surface area contributed by atoms with E-state index in [1.54, 1.807) is 26.5 Å². The summed E-state index contributed by atoms with van der Waals surface area (Å²) in [6.45, 7) is 1.44. The molecule has 1 spiro atoms. The van der Waals surface area contributed by atoms with Crippen molar-refractivity contribution >= 4 is 51.6 Å². The van der Waals surface area contributed by atoms with Gasteiger partial charge in [-0.2, -0.15) is 0 Å². The molecule has 0 radical (unpaired) electrons. The zero-order chi connectivity index (χ0) is 30.3. The molecule has 3 aromatic carbocycles. The lowest BCUT2D eigenvalue weighted by molar-refractivity contribution is -0.138. The van der Waals surface area contributed by atoms with Crippen molar-refractivity contribution in [2.45, 2.75) is 41.7 Å². The molecule has 0 bridgehead atoms. The third kappa shape index (κ3) is 4.75. The molecule has 0 aliphatic carbocycles. The number of amides is 3. The molecule has 2 saturated heterocycles. The molecule has 3 aromatic rings. The molecule has 1 N–H and O–H groups in total. The van der Waals surface area contributed by atoms with Gasteiger partial charge in [0, 0.05) is 42.9 Å². The van der Waals surface area contributed by atoms with E-state index in [9.17, 15) is 19.5 Å². The van der Waals surface area contributed by atoms with Gasteiger partial charge in [-0.05, 0) is 47.9 Å². The van der Waals surface area contributed by atoms with E-state index in [4.69, 9.17) is 0 Å². The summed E-state index contributed by atoms with van der Waals surface area (Å²) >= 11 is 1.62. The number of hydrogen-bond donors (Lipinski definition) is 1. The van der Waals surface area contributed by atoms with Crippen molar-refractivity contribution in [3.8, 4) is 0 Å². The second-order valence-corrected chi connectivity index (χ2v) is 13.6. The highest BCUT2D eigenvalue weighted by Gasteiger charge is 2.71. The molecule has 5 atom stereocenters. The van der Waals surface area contributed by atoms with Gasteiger partial charge in [0.25, 0.3) is 5.91 Å². The minimum Gasteiger partial charge on any atom is -0.396 e. The van der Waals surface area contributed by atoms with Crippen molar-refractivity contribution in [3.05, 3.63) is 97.1 Å². The van der Waals surface area contributed by atoms with Crippen molar-refractivity contribution in [2.75, 3.05) is 36.0 Å². The number of aliphatic hydroxyl groups excluding tert-OH is 1. The summed E-state index contributed by atoms with van der Waals surface area (Å²) in [5, 5.41) is 11.2. The number of nitrogens with zero attached hydrogens (tertiary/aromatic N) is 3. The van der Waals surface area contributed by atoms with Gasteiger partial charge in [-0.25, -0.2) is 0 Å². The largest absolute Gasteiger partial charge is 0.396 e. The number of rotatable bonds is 8. The molecule has 44 heavy (non-hydrogen) atoms. The van der Waals surface area contributed by atoms with Crippen molar-refractivity contribution in [3.63, 3.8) is 0 Å². The summed E-state index contributed by atoms with van der Waals surface area (Å²) < 4.78 is -0.847. The molecular weight excluding hydrogens is 570 g/mol. The van der Waals surface area contributed by atoms with Crippen LogP contribution in [0, 0.1) is 11.8 Å². The number of fused-ring (bicyclic) bond motifs is 3. The quantitative estimate of drug-likeness (QED) is 0.282. The maximum atomic E-state index is 14.8. The summed E-state index contributed by atoms with van der Waals surface area (Å²) in [4.78, 5) is 49.1. The molecule has 226 valence electrons. The number of anilines is 2. The molecule has 3 amide bonds. The predicted octanol–water partition coefficient (Wildman–Crippen LogP) is 5.20. The first-order chi connectivity index (χ1) is 21.5. The monoisotopic (exact) mass is 607 g/mol. The summed E-state index contributed by atoms with van der Waals surface area (Å²) in [5.74, 6) is -1.48. The van der Waals surface area contributed by atoms with Crippen LogP contribution in [0.2, 0.25) is 0 Å². The van der Waals surface area contributed by atoms with Crippen LogP contribution in [0.3, 0.4) is 0 Å². The summed E-state index contributed by atoms with van der Waals surface area (Å²) in [7, 11) is 0. The number of benzene rings is 3. The minimum atomic E-state index is -0.847. The molecule has 4 aliphatic heterocycles. The van der Waals surface area contributed by atoms with E-state index in [-0.39, 0.29) is 29.6 Å². The van der Waals surface area contributed by atoms with E-state index in [1.165, 1.54) is 0 Å². The van der Waals surface area contributed by atoms with Crippen LogP contribution in [-0.4, -0.2) is 70.0 Å².